The standard InChI is InChI=1S/C13H12Cl2N2O3S/c14-12-6-11(7-16-13(12)15)21(18,19)17(9-3-4-9)8-10-2-1-5-20-10/h1-2,5-7,9H,3-4,8H2. The van der Waals surface area contributed by atoms with Crippen LogP contribution in [-0.2, 0) is 16.6 Å². The van der Waals surface area contributed by atoms with Crippen LogP contribution >= 0.6 is 23.2 Å². The monoisotopic (exact) mass is 346 g/mol. The molecule has 0 amide bonds. The van der Waals surface area contributed by atoms with Gasteiger partial charge in [0.2, 0.25) is 10.0 Å². The van der Waals surface area contributed by atoms with Crippen LogP contribution < -0.4 is 0 Å². The molecule has 2 heterocycles. The zero-order valence-electron chi connectivity index (χ0n) is 10.9. The fourth-order valence-electron chi connectivity index (χ4n) is 2.01. The summed E-state index contributed by atoms with van der Waals surface area (Å²) < 4.78 is 32.2. The van der Waals surface area contributed by atoms with Crippen molar-refractivity contribution < 1.29 is 12.8 Å². The minimum atomic E-state index is -3.69. The van der Waals surface area contributed by atoms with Crippen molar-refractivity contribution in [1.29, 1.82) is 0 Å². The lowest BCUT2D eigenvalue weighted by Crippen LogP contribution is -2.32. The summed E-state index contributed by atoms with van der Waals surface area (Å²) in [7, 11) is -3.69. The van der Waals surface area contributed by atoms with Crippen molar-refractivity contribution in [3.05, 3.63) is 46.6 Å². The van der Waals surface area contributed by atoms with Gasteiger partial charge in [-0.3, -0.25) is 0 Å². The molecule has 2 aromatic rings. The van der Waals surface area contributed by atoms with Gasteiger partial charge in [0, 0.05) is 12.2 Å². The van der Waals surface area contributed by atoms with E-state index < -0.39 is 10.0 Å². The summed E-state index contributed by atoms with van der Waals surface area (Å²) >= 11 is 11.6. The van der Waals surface area contributed by atoms with Crippen LogP contribution in [0.5, 0.6) is 0 Å². The van der Waals surface area contributed by atoms with Crippen molar-refractivity contribution in [1.82, 2.24) is 9.29 Å². The Morgan fingerprint density at radius 2 is 2.14 bits per heavy atom. The van der Waals surface area contributed by atoms with E-state index in [1.54, 1.807) is 12.1 Å². The van der Waals surface area contributed by atoms with Gasteiger partial charge >= 0.3 is 0 Å². The number of aromatic nitrogens is 1. The molecule has 0 aromatic carbocycles. The Morgan fingerprint density at radius 1 is 1.38 bits per heavy atom. The lowest BCUT2D eigenvalue weighted by molar-refractivity contribution is 0.356. The first kappa shape index (κ1) is 14.8. The third kappa shape index (κ3) is 3.08. The van der Waals surface area contributed by atoms with Crippen LogP contribution in [0.2, 0.25) is 10.2 Å². The molecule has 8 heteroatoms. The molecule has 0 aliphatic heterocycles. The average Bonchev–Trinajstić information content (AvgIpc) is 3.15. The molecule has 2 aromatic heterocycles. The van der Waals surface area contributed by atoms with E-state index in [9.17, 15) is 8.42 Å². The van der Waals surface area contributed by atoms with E-state index in [0.29, 0.717) is 5.76 Å². The van der Waals surface area contributed by atoms with Gasteiger partial charge in [0.25, 0.3) is 0 Å². The summed E-state index contributed by atoms with van der Waals surface area (Å²) in [6.07, 6.45) is 4.43. The molecule has 21 heavy (non-hydrogen) atoms. The fraction of sp³-hybridized carbons (Fsp3) is 0.308. The molecular formula is C13H12Cl2N2O3S. The number of furan rings is 1. The highest BCUT2D eigenvalue weighted by Crippen LogP contribution is 2.34. The van der Waals surface area contributed by atoms with Crippen molar-refractivity contribution in [3.8, 4) is 0 Å². The maximum atomic E-state index is 12.7. The predicted octanol–water partition coefficient (Wildman–Crippen LogP) is 3.33. The Labute approximate surface area is 132 Å². The third-order valence-corrected chi connectivity index (χ3v) is 5.77. The molecule has 112 valence electrons. The van der Waals surface area contributed by atoms with E-state index in [0.717, 1.165) is 12.8 Å². The smallest absolute Gasteiger partial charge is 0.245 e. The quantitative estimate of drug-likeness (QED) is 0.779. The zero-order valence-corrected chi connectivity index (χ0v) is 13.2. The molecule has 1 fully saturated rings. The summed E-state index contributed by atoms with van der Waals surface area (Å²) in [5.41, 5.74) is 0. The van der Waals surface area contributed by atoms with Gasteiger partial charge < -0.3 is 4.42 Å². The molecular weight excluding hydrogens is 335 g/mol. The molecule has 1 saturated carbocycles. The van der Waals surface area contributed by atoms with Gasteiger partial charge in [0.15, 0.2) is 0 Å². The second-order valence-corrected chi connectivity index (χ2v) is 7.46. The molecule has 0 radical (unpaired) electrons. The minimum absolute atomic E-state index is 0.00504. The van der Waals surface area contributed by atoms with Crippen LogP contribution in [0.1, 0.15) is 18.6 Å². The van der Waals surface area contributed by atoms with Crippen LogP contribution in [0.3, 0.4) is 0 Å². The number of nitrogens with zero attached hydrogens (tertiary/aromatic N) is 2. The van der Waals surface area contributed by atoms with Crippen LogP contribution in [0.15, 0.2) is 40.0 Å². The SMILES string of the molecule is O=S(=O)(c1cnc(Cl)c(Cl)c1)N(Cc1ccco1)C1CC1. The van der Waals surface area contributed by atoms with Gasteiger partial charge in [0.1, 0.15) is 15.8 Å². The first-order valence-electron chi connectivity index (χ1n) is 6.34. The van der Waals surface area contributed by atoms with Crippen LogP contribution in [0.25, 0.3) is 0 Å². The van der Waals surface area contributed by atoms with E-state index in [4.69, 9.17) is 27.6 Å². The summed E-state index contributed by atoms with van der Waals surface area (Å²) in [4.78, 5) is 3.85. The summed E-state index contributed by atoms with van der Waals surface area (Å²) in [6, 6.07) is 4.80. The average molecular weight is 347 g/mol. The second kappa shape index (κ2) is 5.61. The predicted molar refractivity (Wildman–Crippen MR) is 78.7 cm³/mol. The Balaban J connectivity index is 1.95. The Bertz CT molecular complexity index is 743. The minimum Gasteiger partial charge on any atom is -0.468 e. The van der Waals surface area contributed by atoms with Crippen molar-refractivity contribution in [2.45, 2.75) is 30.3 Å². The topological polar surface area (TPSA) is 63.4 Å². The Kier molecular flexibility index (Phi) is 3.96. The normalized spacial score (nSPS) is 15.6. The number of hydrogen-bond acceptors (Lipinski definition) is 4. The van der Waals surface area contributed by atoms with E-state index >= 15 is 0 Å². The van der Waals surface area contributed by atoms with Crippen LogP contribution in [-0.4, -0.2) is 23.7 Å². The summed E-state index contributed by atoms with van der Waals surface area (Å²) in [5, 5.41) is 0.200. The van der Waals surface area contributed by atoms with Crippen LogP contribution in [0, 0.1) is 0 Å². The first-order valence-corrected chi connectivity index (χ1v) is 8.53. The van der Waals surface area contributed by atoms with Crippen LogP contribution in [0.4, 0.5) is 0 Å². The molecule has 0 bridgehead atoms. The van der Waals surface area contributed by atoms with E-state index in [1.165, 1.54) is 22.8 Å². The molecule has 0 N–H and O–H groups in total. The number of hydrogen-bond donors (Lipinski definition) is 0. The van der Waals surface area contributed by atoms with Gasteiger partial charge in [-0.05, 0) is 31.0 Å². The van der Waals surface area contributed by atoms with Gasteiger partial charge in [-0.2, -0.15) is 4.31 Å². The largest absolute Gasteiger partial charge is 0.468 e. The van der Waals surface area contributed by atoms with Crippen molar-refractivity contribution in [2.75, 3.05) is 0 Å². The van der Waals surface area contributed by atoms with E-state index in [1.807, 2.05) is 0 Å². The highest BCUT2D eigenvalue weighted by Gasteiger charge is 2.38. The maximum Gasteiger partial charge on any atom is 0.245 e. The molecule has 0 atom stereocenters. The molecule has 0 unspecified atom stereocenters. The van der Waals surface area contributed by atoms with Crippen molar-refractivity contribution >= 4 is 33.2 Å². The van der Waals surface area contributed by atoms with Gasteiger partial charge in [-0.1, -0.05) is 23.2 Å². The van der Waals surface area contributed by atoms with Gasteiger partial charge in [-0.15, -0.1) is 0 Å². The highest BCUT2D eigenvalue weighted by atomic mass is 35.5. The lowest BCUT2D eigenvalue weighted by Gasteiger charge is -2.20. The second-order valence-electron chi connectivity index (χ2n) is 4.80. The van der Waals surface area contributed by atoms with Crippen molar-refractivity contribution in [3.63, 3.8) is 0 Å². The molecule has 1 aliphatic rings. The molecule has 0 spiro atoms. The number of pyridine rings is 1. The summed E-state index contributed by atoms with van der Waals surface area (Å²) in [5.74, 6) is 0.596. The highest BCUT2D eigenvalue weighted by molar-refractivity contribution is 7.89. The number of halogens is 2. The number of sulfonamides is 1. The lowest BCUT2D eigenvalue weighted by atomic mass is 10.4. The van der Waals surface area contributed by atoms with Gasteiger partial charge in [-0.25, -0.2) is 13.4 Å². The third-order valence-electron chi connectivity index (χ3n) is 3.22. The Morgan fingerprint density at radius 3 is 2.71 bits per heavy atom. The first-order chi connectivity index (χ1) is 9.98. The number of rotatable bonds is 5. The molecule has 3 rings (SSSR count). The Hall–Kier alpha value is -1.08. The fourth-order valence-corrected chi connectivity index (χ4v) is 3.97. The van der Waals surface area contributed by atoms with E-state index in [-0.39, 0.29) is 27.7 Å². The molecule has 0 saturated heterocycles. The maximum absolute atomic E-state index is 12.7. The van der Waals surface area contributed by atoms with E-state index in [2.05, 4.69) is 4.98 Å². The van der Waals surface area contributed by atoms with Gasteiger partial charge in [0.05, 0.1) is 17.8 Å². The zero-order chi connectivity index (χ0) is 15.0. The molecule has 5 nitrogen and oxygen atoms in total. The van der Waals surface area contributed by atoms with Crippen molar-refractivity contribution in [2.24, 2.45) is 0 Å². The summed E-state index contributed by atoms with van der Waals surface area (Å²) in [6.45, 7) is 0.195. The molecule has 1 aliphatic carbocycles.